The molecule has 0 fully saturated rings. The van der Waals surface area contributed by atoms with Gasteiger partial charge in [-0.2, -0.15) is 0 Å². The average molecular weight is 355 g/mol. The van der Waals surface area contributed by atoms with Crippen molar-refractivity contribution >= 4 is 5.96 Å². The first-order chi connectivity index (χ1) is 12.7. The van der Waals surface area contributed by atoms with Gasteiger partial charge in [0.1, 0.15) is 11.5 Å². The highest BCUT2D eigenvalue weighted by atomic mass is 16.5. The zero-order valence-electron chi connectivity index (χ0n) is 16.1. The van der Waals surface area contributed by atoms with Gasteiger partial charge in [0.2, 0.25) is 0 Å². The summed E-state index contributed by atoms with van der Waals surface area (Å²) in [5, 5.41) is 6.67. The summed E-state index contributed by atoms with van der Waals surface area (Å²) in [7, 11) is 3.38. The fourth-order valence-corrected chi connectivity index (χ4v) is 2.59. The Kier molecular flexibility index (Phi) is 7.80. The second kappa shape index (κ2) is 10.3. The summed E-state index contributed by atoms with van der Waals surface area (Å²) >= 11 is 0. The summed E-state index contributed by atoms with van der Waals surface area (Å²) in [4.78, 5) is 4.65. The van der Waals surface area contributed by atoms with Crippen LogP contribution in [0.3, 0.4) is 0 Å². The molecule has 2 aromatic rings. The minimum atomic E-state index is 0.623. The maximum absolute atomic E-state index is 5.39. The molecule has 2 N–H and O–H groups in total. The van der Waals surface area contributed by atoms with E-state index in [1.54, 1.807) is 14.2 Å². The van der Waals surface area contributed by atoms with Gasteiger partial charge in [-0.05, 0) is 55.2 Å². The largest absolute Gasteiger partial charge is 0.497 e. The van der Waals surface area contributed by atoms with Crippen LogP contribution in [-0.4, -0.2) is 33.3 Å². The molecule has 0 heterocycles. The first-order valence-corrected chi connectivity index (χ1v) is 8.95. The van der Waals surface area contributed by atoms with Crippen molar-refractivity contribution in [1.29, 1.82) is 0 Å². The molecule has 0 amide bonds. The summed E-state index contributed by atoms with van der Waals surface area (Å²) in [5.74, 6) is 2.61. The van der Waals surface area contributed by atoms with E-state index in [0.29, 0.717) is 6.54 Å². The molecule has 140 valence electrons. The zero-order valence-corrected chi connectivity index (χ0v) is 16.1. The monoisotopic (exact) mass is 355 g/mol. The Morgan fingerprint density at radius 3 is 2.35 bits per heavy atom. The van der Waals surface area contributed by atoms with Gasteiger partial charge in [0.15, 0.2) is 5.96 Å². The standard InChI is InChI=1S/C21H29N3O2/c1-5-22-21(24-15-18-8-10-19(25-3)11-9-18)23-13-12-17-7-6-16(2)20(14-17)26-4/h6-11,14H,5,12-13,15H2,1-4H3,(H2,22,23,24). The first-order valence-electron chi connectivity index (χ1n) is 8.95. The lowest BCUT2D eigenvalue weighted by Crippen LogP contribution is -2.38. The number of aliphatic imine (C=N–C) groups is 1. The number of nitrogens with one attached hydrogen (secondary N) is 2. The fraction of sp³-hybridized carbons (Fsp3) is 0.381. The molecule has 2 rings (SSSR count). The molecule has 0 saturated carbocycles. The normalized spacial score (nSPS) is 11.2. The van der Waals surface area contributed by atoms with E-state index >= 15 is 0 Å². The first kappa shape index (κ1) is 19.6. The average Bonchev–Trinajstić information content (AvgIpc) is 2.67. The van der Waals surface area contributed by atoms with Crippen LogP contribution >= 0.6 is 0 Å². The summed E-state index contributed by atoms with van der Waals surface area (Å²) in [6.07, 6.45) is 0.906. The van der Waals surface area contributed by atoms with Crippen LogP contribution in [0.4, 0.5) is 0 Å². The number of hydrogen-bond donors (Lipinski definition) is 2. The second-order valence-corrected chi connectivity index (χ2v) is 6.02. The number of nitrogens with zero attached hydrogens (tertiary/aromatic N) is 1. The van der Waals surface area contributed by atoms with Crippen LogP contribution < -0.4 is 20.1 Å². The smallest absolute Gasteiger partial charge is 0.191 e. The topological polar surface area (TPSA) is 54.9 Å². The second-order valence-electron chi connectivity index (χ2n) is 6.02. The summed E-state index contributed by atoms with van der Waals surface area (Å²) in [5.41, 5.74) is 3.54. The molecule has 0 spiro atoms. The minimum absolute atomic E-state index is 0.623. The highest BCUT2D eigenvalue weighted by Crippen LogP contribution is 2.19. The number of rotatable bonds is 8. The van der Waals surface area contributed by atoms with Crippen LogP contribution in [0.5, 0.6) is 11.5 Å². The maximum atomic E-state index is 5.39. The predicted molar refractivity (Wildman–Crippen MR) is 107 cm³/mol. The molecule has 0 bridgehead atoms. The molecule has 0 radical (unpaired) electrons. The number of hydrogen-bond acceptors (Lipinski definition) is 3. The Morgan fingerprint density at radius 2 is 1.69 bits per heavy atom. The minimum Gasteiger partial charge on any atom is -0.497 e. The van der Waals surface area contributed by atoms with Gasteiger partial charge in [0, 0.05) is 13.1 Å². The Bertz CT molecular complexity index is 712. The molecule has 0 aromatic heterocycles. The van der Waals surface area contributed by atoms with Crippen LogP contribution in [0, 0.1) is 6.92 Å². The van der Waals surface area contributed by atoms with Crippen molar-refractivity contribution in [3.05, 3.63) is 59.2 Å². The van der Waals surface area contributed by atoms with Crippen molar-refractivity contribution in [3.8, 4) is 11.5 Å². The van der Waals surface area contributed by atoms with E-state index in [1.165, 1.54) is 5.56 Å². The van der Waals surface area contributed by atoms with Crippen LogP contribution in [0.1, 0.15) is 23.6 Å². The van der Waals surface area contributed by atoms with Gasteiger partial charge < -0.3 is 20.1 Å². The molecule has 5 heteroatoms. The maximum Gasteiger partial charge on any atom is 0.191 e. The molecule has 0 aliphatic heterocycles. The molecule has 0 saturated heterocycles. The lowest BCUT2D eigenvalue weighted by Gasteiger charge is -2.12. The Hall–Kier alpha value is -2.69. The van der Waals surface area contributed by atoms with E-state index in [9.17, 15) is 0 Å². The van der Waals surface area contributed by atoms with E-state index in [2.05, 4.69) is 47.7 Å². The number of guanidine groups is 1. The van der Waals surface area contributed by atoms with Gasteiger partial charge in [-0.25, -0.2) is 4.99 Å². The van der Waals surface area contributed by atoms with E-state index in [4.69, 9.17) is 9.47 Å². The highest BCUT2D eigenvalue weighted by Gasteiger charge is 2.02. The predicted octanol–water partition coefficient (Wildman–Crippen LogP) is 3.31. The third kappa shape index (κ3) is 5.99. The third-order valence-electron chi connectivity index (χ3n) is 4.10. The molecule has 2 aromatic carbocycles. The molecule has 0 atom stereocenters. The van der Waals surface area contributed by atoms with Gasteiger partial charge in [-0.3, -0.25) is 0 Å². The lowest BCUT2D eigenvalue weighted by molar-refractivity contribution is 0.411. The SMILES string of the molecule is CCNC(=NCc1ccc(OC)cc1)NCCc1ccc(C)c(OC)c1. The van der Waals surface area contributed by atoms with Crippen molar-refractivity contribution in [3.63, 3.8) is 0 Å². The molecule has 0 aliphatic rings. The van der Waals surface area contributed by atoms with Crippen molar-refractivity contribution in [2.45, 2.75) is 26.8 Å². The van der Waals surface area contributed by atoms with Crippen LogP contribution in [0.15, 0.2) is 47.5 Å². The van der Waals surface area contributed by atoms with Gasteiger partial charge in [-0.1, -0.05) is 24.3 Å². The molecular formula is C21H29N3O2. The van der Waals surface area contributed by atoms with E-state index in [-0.39, 0.29) is 0 Å². The van der Waals surface area contributed by atoms with Crippen molar-refractivity contribution in [2.24, 2.45) is 4.99 Å². The number of benzene rings is 2. The quantitative estimate of drug-likeness (QED) is 0.563. The fourth-order valence-electron chi connectivity index (χ4n) is 2.59. The number of methoxy groups -OCH3 is 2. The summed E-state index contributed by atoms with van der Waals surface area (Å²) in [6.45, 7) is 6.37. The highest BCUT2D eigenvalue weighted by molar-refractivity contribution is 5.79. The van der Waals surface area contributed by atoms with Crippen LogP contribution in [0.2, 0.25) is 0 Å². The van der Waals surface area contributed by atoms with Gasteiger partial charge in [0.05, 0.1) is 20.8 Å². The Labute approximate surface area is 156 Å². The van der Waals surface area contributed by atoms with E-state index in [1.807, 2.05) is 24.3 Å². The Balaban J connectivity index is 1.90. The van der Waals surface area contributed by atoms with Crippen molar-refractivity contribution in [1.82, 2.24) is 10.6 Å². The molecule has 0 aliphatic carbocycles. The summed E-state index contributed by atoms with van der Waals surface area (Å²) < 4.78 is 10.6. The van der Waals surface area contributed by atoms with Crippen LogP contribution in [-0.2, 0) is 13.0 Å². The summed E-state index contributed by atoms with van der Waals surface area (Å²) in [6, 6.07) is 14.3. The molecule has 26 heavy (non-hydrogen) atoms. The van der Waals surface area contributed by atoms with Crippen molar-refractivity contribution in [2.75, 3.05) is 27.3 Å². The van der Waals surface area contributed by atoms with Gasteiger partial charge in [0.25, 0.3) is 0 Å². The molecule has 0 unspecified atom stereocenters. The van der Waals surface area contributed by atoms with E-state index in [0.717, 1.165) is 48.1 Å². The zero-order chi connectivity index (χ0) is 18.8. The third-order valence-corrected chi connectivity index (χ3v) is 4.10. The van der Waals surface area contributed by atoms with Crippen LogP contribution in [0.25, 0.3) is 0 Å². The van der Waals surface area contributed by atoms with Gasteiger partial charge in [-0.15, -0.1) is 0 Å². The Morgan fingerprint density at radius 1 is 0.962 bits per heavy atom. The number of ether oxygens (including phenoxy) is 2. The molecular weight excluding hydrogens is 326 g/mol. The van der Waals surface area contributed by atoms with Gasteiger partial charge >= 0.3 is 0 Å². The van der Waals surface area contributed by atoms with Crippen molar-refractivity contribution < 1.29 is 9.47 Å². The number of aryl methyl sites for hydroxylation is 1. The van der Waals surface area contributed by atoms with E-state index < -0.39 is 0 Å². The molecule has 5 nitrogen and oxygen atoms in total. The lowest BCUT2D eigenvalue weighted by atomic mass is 10.1.